The van der Waals surface area contributed by atoms with Crippen molar-refractivity contribution in [3.05, 3.63) is 77.0 Å². The first-order chi connectivity index (χ1) is 14.8. The molecule has 0 fully saturated rings. The summed E-state index contributed by atoms with van der Waals surface area (Å²) in [6, 6.07) is 9.90. The van der Waals surface area contributed by atoms with Crippen LogP contribution < -0.4 is 10.1 Å². The van der Waals surface area contributed by atoms with E-state index in [9.17, 15) is 13.2 Å². The summed E-state index contributed by atoms with van der Waals surface area (Å²) in [5.74, 6) is 0.451. The SMILES string of the molecule is Cc1ccc(S(=O)(=O)N/N=C2\CCCc3oc(C(=O)Nc4ccncc4)c(C)c32)cc1. The maximum absolute atomic E-state index is 12.7. The Labute approximate surface area is 180 Å². The highest BCUT2D eigenvalue weighted by Crippen LogP contribution is 2.30. The van der Waals surface area contributed by atoms with Crippen LogP contribution in [0.5, 0.6) is 0 Å². The molecule has 4 rings (SSSR count). The Hall–Kier alpha value is -3.46. The number of benzene rings is 1. The molecule has 0 bridgehead atoms. The molecule has 9 heteroatoms. The van der Waals surface area contributed by atoms with Gasteiger partial charge >= 0.3 is 0 Å². The van der Waals surface area contributed by atoms with Crippen LogP contribution in [0.3, 0.4) is 0 Å². The van der Waals surface area contributed by atoms with Gasteiger partial charge in [-0.1, -0.05) is 17.7 Å². The molecular weight excluding hydrogens is 416 g/mol. The number of nitrogens with one attached hydrogen (secondary N) is 2. The number of hydrogen-bond acceptors (Lipinski definition) is 6. The summed E-state index contributed by atoms with van der Waals surface area (Å²) in [6.45, 7) is 3.66. The second-order valence-corrected chi connectivity index (χ2v) is 9.03. The molecule has 0 spiro atoms. The molecule has 0 unspecified atom stereocenters. The number of aromatic nitrogens is 1. The van der Waals surface area contributed by atoms with E-state index in [0.717, 1.165) is 12.0 Å². The number of aryl methyl sites for hydroxylation is 2. The lowest BCUT2D eigenvalue weighted by molar-refractivity contribution is 0.0994. The van der Waals surface area contributed by atoms with E-state index >= 15 is 0 Å². The number of anilines is 1. The van der Waals surface area contributed by atoms with E-state index in [4.69, 9.17) is 4.42 Å². The highest BCUT2D eigenvalue weighted by molar-refractivity contribution is 7.89. The summed E-state index contributed by atoms with van der Waals surface area (Å²) in [5.41, 5.74) is 3.45. The van der Waals surface area contributed by atoms with Crippen molar-refractivity contribution in [2.45, 2.75) is 38.0 Å². The molecule has 0 atom stereocenters. The van der Waals surface area contributed by atoms with Crippen LogP contribution in [0.15, 0.2) is 63.2 Å². The summed E-state index contributed by atoms with van der Waals surface area (Å²) in [5, 5.41) is 6.97. The van der Waals surface area contributed by atoms with Crippen LogP contribution in [0.2, 0.25) is 0 Å². The van der Waals surface area contributed by atoms with Gasteiger partial charge in [0, 0.05) is 35.6 Å². The van der Waals surface area contributed by atoms with Crippen molar-refractivity contribution in [2.24, 2.45) is 5.10 Å². The number of sulfonamides is 1. The third kappa shape index (κ3) is 4.36. The fourth-order valence-electron chi connectivity index (χ4n) is 3.51. The average molecular weight is 439 g/mol. The molecule has 31 heavy (non-hydrogen) atoms. The molecular formula is C22H22N4O4S. The molecule has 1 amide bonds. The highest BCUT2D eigenvalue weighted by atomic mass is 32.2. The van der Waals surface area contributed by atoms with Crippen molar-refractivity contribution < 1.29 is 17.6 Å². The summed E-state index contributed by atoms with van der Waals surface area (Å²) in [7, 11) is -3.80. The molecule has 1 aromatic carbocycles. The molecule has 1 aliphatic carbocycles. The van der Waals surface area contributed by atoms with Crippen LogP contribution in [0.4, 0.5) is 5.69 Å². The average Bonchev–Trinajstić information content (AvgIpc) is 3.11. The van der Waals surface area contributed by atoms with Crippen molar-refractivity contribution in [1.82, 2.24) is 9.82 Å². The topological polar surface area (TPSA) is 114 Å². The van der Waals surface area contributed by atoms with Gasteiger partial charge in [0.15, 0.2) is 5.76 Å². The monoisotopic (exact) mass is 438 g/mol. The minimum Gasteiger partial charge on any atom is -0.455 e. The van der Waals surface area contributed by atoms with E-state index in [1.807, 2.05) is 6.92 Å². The second kappa shape index (κ2) is 8.35. The Bertz CT molecular complexity index is 1250. The van der Waals surface area contributed by atoms with Crippen LogP contribution in [0.25, 0.3) is 0 Å². The fraction of sp³-hybridized carbons (Fsp3) is 0.227. The summed E-state index contributed by atoms with van der Waals surface area (Å²) in [4.78, 5) is 19.1. The summed E-state index contributed by atoms with van der Waals surface area (Å²) < 4.78 is 31.0. The van der Waals surface area contributed by atoms with Gasteiger partial charge in [-0.05, 0) is 51.0 Å². The van der Waals surface area contributed by atoms with Crippen molar-refractivity contribution in [2.75, 3.05) is 5.32 Å². The smallest absolute Gasteiger partial charge is 0.291 e. The van der Waals surface area contributed by atoms with Gasteiger partial charge < -0.3 is 9.73 Å². The standard InChI is InChI=1S/C22H22N4O4S/c1-14-6-8-17(9-7-14)31(28,29)26-25-18-4-3-5-19-20(18)15(2)21(30-19)22(27)24-16-10-12-23-13-11-16/h6-13,26H,3-5H2,1-2H3,(H,23,24,27)/b25-18+. The van der Waals surface area contributed by atoms with E-state index in [1.165, 1.54) is 12.1 Å². The normalized spacial score (nSPS) is 14.8. The number of hydrogen-bond donors (Lipinski definition) is 2. The number of nitrogens with zero attached hydrogens (tertiary/aromatic N) is 2. The predicted octanol–water partition coefficient (Wildman–Crippen LogP) is 3.56. The molecule has 0 saturated heterocycles. The molecule has 1 aliphatic rings. The molecule has 2 aromatic heterocycles. The number of pyridine rings is 1. The maximum atomic E-state index is 12.7. The molecule has 2 N–H and O–H groups in total. The molecule has 0 aliphatic heterocycles. The van der Waals surface area contributed by atoms with E-state index in [2.05, 4.69) is 20.2 Å². The minimum atomic E-state index is -3.80. The van der Waals surface area contributed by atoms with Crippen LogP contribution in [0.1, 0.15) is 45.8 Å². The lowest BCUT2D eigenvalue weighted by Crippen LogP contribution is -2.22. The Morgan fingerprint density at radius 2 is 1.77 bits per heavy atom. The van der Waals surface area contributed by atoms with Crippen molar-refractivity contribution in [3.63, 3.8) is 0 Å². The Kier molecular flexibility index (Phi) is 5.60. The molecule has 0 saturated carbocycles. The molecule has 8 nitrogen and oxygen atoms in total. The van der Waals surface area contributed by atoms with Gasteiger partial charge in [0.25, 0.3) is 15.9 Å². The fourth-order valence-corrected chi connectivity index (χ4v) is 4.34. The van der Waals surface area contributed by atoms with Gasteiger partial charge in [0.2, 0.25) is 0 Å². The zero-order valence-electron chi connectivity index (χ0n) is 17.2. The molecule has 160 valence electrons. The number of rotatable bonds is 5. The van der Waals surface area contributed by atoms with E-state index < -0.39 is 10.0 Å². The second-order valence-electron chi connectivity index (χ2n) is 7.36. The maximum Gasteiger partial charge on any atom is 0.291 e. The molecule has 3 aromatic rings. The van der Waals surface area contributed by atoms with Gasteiger partial charge in [0.1, 0.15) is 5.76 Å². The lowest BCUT2D eigenvalue weighted by atomic mass is 9.93. The van der Waals surface area contributed by atoms with Crippen LogP contribution >= 0.6 is 0 Å². The number of carbonyl (C=O) groups is 1. The third-order valence-corrected chi connectivity index (χ3v) is 6.33. The van der Waals surface area contributed by atoms with Gasteiger partial charge in [0.05, 0.1) is 10.6 Å². The van der Waals surface area contributed by atoms with Gasteiger partial charge in [-0.15, -0.1) is 0 Å². The van der Waals surface area contributed by atoms with Gasteiger partial charge in [-0.3, -0.25) is 9.78 Å². The zero-order valence-corrected chi connectivity index (χ0v) is 18.0. The van der Waals surface area contributed by atoms with Crippen LogP contribution in [-0.2, 0) is 16.4 Å². The largest absolute Gasteiger partial charge is 0.455 e. The van der Waals surface area contributed by atoms with Crippen LogP contribution in [0, 0.1) is 13.8 Å². The molecule has 0 radical (unpaired) electrons. The van der Waals surface area contributed by atoms with E-state index in [-0.39, 0.29) is 16.6 Å². The highest BCUT2D eigenvalue weighted by Gasteiger charge is 2.28. The first-order valence-electron chi connectivity index (χ1n) is 9.84. The van der Waals surface area contributed by atoms with Crippen molar-refractivity contribution in [1.29, 1.82) is 0 Å². The number of carbonyl (C=O) groups excluding carboxylic acids is 1. The lowest BCUT2D eigenvalue weighted by Gasteiger charge is -2.14. The Morgan fingerprint density at radius 3 is 2.48 bits per heavy atom. The zero-order chi connectivity index (χ0) is 22.0. The van der Waals surface area contributed by atoms with E-state index in [1.54, 1.807) is 43.6 Å². The predicted molar refractivity (Wildman–Crippen MR) is 117 cm³/mol. The minimum absolute atomic E-state index is 0.139. The third-order valence-electron chi connectivity index (χ3n) is 5.10. The Morgan fingerprint density at radius 1 is 1.06 bits per heavy atom. The van der Waals surface area contributed by atoms with Gasteiger partial charge in [-0.25, -0.2) is 0 Å². The number of fused-ring (bicyclic) bond motifs is 1. The quantitative estimate of drug-likeness (QED) is 0.591. The Balaban J connectivity index is 1.60. The molecule has 2 heterocycles. The number of hydrazone groups is 1. The number of furan rings is 1. The van der Waals surface area contributed by atoms with Gasteiger partial charge in [-0.2, -0.15) is 18.4 Å². The first kappa shape index (κ1) is 20.8. The number of amides is 1. The summed E-state index contributed by atoms with van der Waals surface area (Å²) >= 11 is 0. The van der Waals surface area contributed by atoms with E-state index in [0.29, 0.717) is 41.1 Å². The first-order valence-corrected chi connectivity index (χ1v) is 11.3. The summed E-state index contributed by atoms with van der Waals surface area (Å²) in [6.07, 6.45) is 5.15. The van der Waals surface area contributed by atoms with Crippen molar-refractivity contribution in [3.8, 4) is 0 Å². The van der Waals surface area contributed by atoms with Crippen molar-refractivity contribution >= 4 is 27.3 Å². The van der Waals surface area contributed by atoms with Crippen LogP contribution in [-0.4, -0.2) is 25.0 Å².